The van der Waals surface area contributed by atoms with E-state index >= 15 is 0 Å². The summed E-state index contributed by atoms with van der Waals surface area (Å²) in [5.74, 6) is 2.35. The van der Waals surface area contributed by atoms with Gasteiger partial charge in [-0.25, -0.2) is 4.98 Å². The molecule has 1 aliphatic carbocycles. The zero-order chi connectivity index (χ0) is 18.6. The fraction of sp³-hybridized carbons (Fsp3) is 0.333. The van der Waals surface area contributed by atoms with Gasteiger partial charge in [-0.05, 0) is 55.0 Å². The van der Waals surface area contributed by atoms with E-state index in [0.29, 0.717) is 12.1 Å². The molecule has 0 unspecified atom stereocenters. The Bertz CT molecular complexity index is 929. The Kier molecular flexibility index (Phi) is 4.96. The van der Waals surface area contributed by atoms with Gasteiger partial charge in [-0.1, -0.05) is 6.07 Å². The summed E-state index contributed by atoms with van der Waals surface area (Å²) in [5.41, 5.74) is 2.73. The molecule has 1 fully saturated rings. The smallest absolute Gasteiger partial charge is 0.252 e. The van der Waals surface area contributed by atoms with Gasteiger partial charge >= 0.3 is 0 Å². The number of H-pyrrole nitrogens is 1. The van der Waals surface area contributed by atoms with Gasteiger partial charge in [-0.15, -0.1) is 0 Å². The van der Waals surface area contributed by atoms with Crippen LogP contribution in [0.3, 0.4) is 0 Å². The largest absolute Gasteiger partial charge is 0.496 e. The van der Waals surface area contributed by atoms with Crippen molar-refractivity contribution in [2.45, 2.75) is 19.3 Å². The lowest BCUT2D eigenvalue weighted by Crippen LogP contribution is -2.25. The van der Waals surface area contributed by atoms with Crippen molar-refractivity contribution < 1.29 is 9.53 Å². The first-order valence-corrected chi connectivity index (χ1v) is 9.35. The molecule has 140 valence electrons. The molecule has 3 aromatic rings. The number of aromatic amines is 1. The maximum atomic E-state index is 12.3. The Hall–Kier alpha value is -3.02. The summed E-state index contributed by atoms with van der Waals surface area (Å²) in [4.78, 5) is 19.9. The topological polar surface area (TPSA) is 79.0 Å². The van der Waals surface area contributed by atoms with Gasteiger partial charge in [0.1, 0.15) is 11.6 Å². The third-order valence-corrected chi connectivity index (χ3v) is 4.94. The highest BCUT2D eigenvalue weighted by Gasteiger charge is 2.20. The summed E-state index contributed by atoms with van der Waals surface area (Å²) >= 11 is 0. The lowest BCUT2D eigenvalue weighted by molar-refractivity contribution is 0.0954. The molecule has 0 bridgehead atoms. The van der Waals surface area contributed by atoms with Crippen molar-refractivity contribution in [1.82, 2.24) is 15.3 Å². The van der Waals surface area contributed by atoms with Gasteiger partial charge < -0.3 is 20.4 Å². The van der Waals surface area contributed by atoms with Crippen LogP contribution in [0.15, 0.2) is 42.7 Å². The van der Waals surface area contributed by atoms with Gasteiger partial charge in [0.05, 0.1) is 12.7 Å². The van der Waals surface area contributed by atoms with Crippen molar-refractivity contribution in [2.24, 2.45) is 5.92 Å². The number of pyridine rings is 1. The van der Waals surface area contributed by atoms with E-state index in [4.69, 9.17) is 4.74 Å². The minimum atomic E-state index is -0.108. The predicted octanol–water partition coefficient (Wildman–Crippen LogP) is 3.37. The number of methoxy groups -OCH3 is 1. The van der Waals surface area contributed by atoms with Crippen LogP contribution in [-0.4, -0.2) is 36.1 Å². The van der Waals surface area contributed by atoms with Gasteiger partial charge in [-0.3, -0.25) is 4.79 Å². The molecule has 0 saturated heterocycles. The van der Waals surface area contributed by atoms with Gasteiger partial charge in [0.2, 0.25) is 0 Å². The zero-order valence-corrected chi connectivity index (χ0v) is 15.4. The molecule has 0 atom stereocenters. The van der Waals surface area contributed by atoms with Crippen molar-refractivity contribution in [3.63, 3.8) is 0 Å². The Morgan fingerprint density at radius 2 is 2.19 bits per heavy atom. The Morgan fingerprint density at radius 1 is 1.30 bits per heavy atom. The molecule has 6 heteroatoms. The predicted molar refractivity (Wildman–Crippen MR) is 106 cm³/mol. The summed E-state index contributed by atoms with van der Waals surface area (Å²) in [6.45, 7) is 1.51. The fourth-order valence-electron chi connectivity index (χ4n) is 3.20. The van der Waals surface area contributed by atoms with Crippen LogP contribution in [0.25, 0.3) is 10.9 Å². The van der Waals surface area contributed by atoms with Crippen molar-refractivity contribution >= 4 is 22.6 Å². The first-order valence-electron chi connectivity index (χ1n) is 9.35. The fourth-order valence-corrected chi connectivity index (χ4v) is 3.20. The summed E-state index contributed by atoms with van der Waals surface area (Å²) in [5, 5.41) is 7.34. The first-order chi connectivity index (χ1) is 13.2. The number of anilines is 1. The van der Waals surface area contributed by atoms with E-state index in [9.17, 15) is 4.79 Å². The minimum absolute atomic E-state index is 0.108. The summed E-state index contributed by atoms with van der Waals surface area (Å²) in [6.07, 6.45) is 6.92. The van der Waals surface area contributed by atoms with Crippen LogP contribution >= 0.6 is 0 Å². The molecule has 0 aliphatic heterocycles. The second-order valence-corrected chi connectivity index (χ2v) is 6.96. The van der Waals surface area contributed by atoms with Gasteiger partial charge in [0.15, 0.2) is 0 Å². The van der Waals surface area contributed by atoms with Crippen LogP contribution in [0.1, 0.15) is 28.8 Å². The molecule has 0 spiro atoms. The van der Waals surface area contributed by atoms with E-state index in [0.717, 1.165) is 46.9 Å². The molecule has 2 heterocycles. The zero-order valence-electron chi connectivity index (χ0n) is 15.4. The van der Waals surface area contributed by atoms with E-state index in [2.05, 4.69) is 20.6 Å². The summed E-state index contributed by atoms with van der Waals surface area (Å²) in [6, 6.07) is 9.60. The highest BCUT2D eigenvalue weighted by molar-refractivity contribution is 5.94. The number of hydrogen-bond acceptors (Lipinski definition) is 4. The van der Waals surface area contributed by atoms with Crippen LogP contribution < -0.4 is 15.4 Å². The van der Waals surface area contributed by atoms with Gasteiger partial charge in [-0.2, -0.15) is 0 Å². The third kappa shape index (κ3) is 4.05. The molecule has 2 aromatic heterocycles. The molecule has 0 radical (unpaired) electrons. The van der Waals surface area contributed by atoms with Gasteiger partial charge in [0, 0.05) is 36.4 Å². The number of nitrogens with zero attached hydrogens (tertiary/aromatic N) is 1. The molecular formula is C21H24N4O2. The Balaban J connectivity index is 1.33. The number of nitrogens with one attached hydrogen (secondary N) is 3. The molecule has 3 N–H and O–H groups in total. The van der Waals surface area contributed by atoms with E-state index in [1.165, 1.54) is 12.8 Å². The number of rotatable bonds is 8. The molecule has 1 amide bonds. The van der Waals surface area contributed by atoms with E-state index in [-0.39, 0.29) is 5.91 Å². The van der Waals surface area contributed by atoms with Crippen LogP contribution in [0.5, 0.6) is 5.75 Å². The van der Waals surface area contributed by atoms with Crippen LogP contribution in [0.4, 0.5) is 5.82 Å². The molecule has 4 rings (SSSR count). The van der Waals surface area contributed by atoms with Gasteiger partial charge in [0.25, 0.3) is 5.91 Å². The molecule has 1 aromatic carbocycles. The lowest BCUT2D eigenvalue weighted by Gasteiger charge is -2.08. The highest BCUT2D eigenvalue weighted by atomic mass is 16.5. The number of benzene rings is 1. The second kappa shape index (κ2) is 7.70. The third-order valence-electron chi connectivity index (χ3n) is 4.94. The monoisotopic (exact) mass is 364 g/mol. The molecule has 27 heavy (non-hydrogen) atoms. The van der Waals surface area contributed by atoms with Crippen LogP contribution in [-0.2, 0) is 6.42 Å². The number of amides is 1. The van der Waals surface area contributed by atoms with E-state index < -0.39 is 0 Å². The molecular weight excluding hydrogens is 340 g/mol. The number of aromatic nitrogens is 2. The second-order valence-electron chi connectivity index (χ2n) is 6.96. The van der Waals surface area contributed by atoms with Crippen molar-refractivity contribution in [3.8, 4) is 5.75 Å². The molecule has 6 nitrogen and oxygen atoms in total. The quantitative estimate of drug-likeness (QED) is 0.573. The maximum absolute atomic E-state index is 12.3. The highest BCUT2D eigenvalue weighted by Crippen LogP contribution is 2.29. The normalized spacial score (nSPS) is 13.5. The van der Waals surface area contributed by atoms with Crippen molar-refractivity contribution in [3.05, 3.63) is 53.9 Å². The average molecular weight is 364 g/mol. The van der Waals surface area contributed by atoms with Crippen LogP contribution in [0, 0.1) is 5.92 Å². The SMILES string of the molecule is COc1cccc2[nH]cc(CCNC(=O)c3ccc(NCC4CC4)nc3)c12. The first kappa shape index (κ1) is 17.4. The number of carbonyl (C=O) groups is 1. The summed E-state index contributed by atoms with van der Waals surface area (Å²) < 4.78 is 5.45. The Morgan fingerprint density at radius 3 is 2.93 bits per heavy atom. The maximum Gasteiger partial charge on any atom is 0.252 e. The number of carbonyl (C=O) groups excluding carboxylic acids is 1. The Labute approximate surface area is 158 Å². The lowest BCUT2D eigenvalue weighted by atomic mass is 10.1. The molecule has 1 saturated carbocycles. The standard InChI is InChI=1S/C21H24N4O2/c1-27-18-4-2-3-17-20(18)15(12-23-17)9-10-22-21(26)16-7-8-19(25-13-16)24-11-14-5-6-14/h2-4,7-8,12-14,23H,5-6,9-11H2,1H3,(H,22,26)(H,24,25). The van der Waals surface area contributed by atoms with E-state index in [1.807, 2.05) is 36.5 Å². The number of hydrogen-bond donors (Lipinski definition) is 3. The average Bonchev–Trinajstić information content (AvgIpc) is 3.45. The van der Waals surface area contributed by atoms with Crippen molar-refractivity contribution in [2.75, 3.05) is 25.5 Å². The van der Waals surface area contributed by atoms with Crippen LogP contribution in [0.2, 0.25) is 0 Å². The summed E-state index contributed by atoms with van der Waals surface area (Å²) in [7, 11) is 1.67. The number of ether oxygens (including phenoxy) is 1. The minimum Gasteiger partial charge on any atom is -0.496 e. The number of fused-ring (bicyclic) bond motifs is 1. The van der Waals surface area contributed by atoms with Crippen molar-refractivity contribution in [1.29, 1.82) is 0 Å². The molecule has 1 aliphatic rings. The van der Waals surface area contributed by atoms with E-state index in [1.54, 1.807) is 13.3 Å².